The van der Waals surface area contributed by atoms with Gasteiger partial charge in [-0.2, -0.15) is 0 Å². The van der Waals surface area contributed by atoms with Crippen molar-refractivity contribution in [2.75, 3.05) is 25.5 Å². The molecule has 0 heterocycles. The molecule has 3 N–H and O–H groups in total. The molecule has 0 aromatic heterocycles. The second-order valence-electron chi connectivity index (χ2n) is 3.61. The number of benzene rings is 1. The molecule has 0 amide bonds. The van der Waals surface area contributed by atoms with E-state index in [1.54, 1.807) is 6.07 Å². The van der Waals surface area contributed by atoms with Gasteiger partial charge >= 0.3 is 0 Å². The van der Waals surface area contributed by atoms with Crippen molar-refractivity contribution in [3.63, 3.8) is 0 Å². The monoisotopic (exact) mass is 292 g/mol. The van der Waals surface area contributed by atoms with Crippen molar-refractivity contribution in [1.82, 2.24) is 4.72 Å². The molecular formula is C11H17ClN2O3S. The molecule has 1 aromatic rings. The Kier molecular flexibility index (Phi) is 5.87. The van der Waals surface area contributed by atoms with E-state index in [0.29, 0.717) is 19.6 Å². The average Bonchev–Trinajstić information content (AvgIpc) is 2.28. The molecule has 0 aliphatic carbocycles. The van der Waals surface area contributed by atoms with E-state index >= 15 is 0 Å². The molecule has 0 unspecified atom stereocenters. The molecule has 1 aromatic carbocycles. The van der Waals surface area contributed by atoms with Crippen molar-refractivity contribution in [2.45, 2.75) is 18.2 Å². The summed E-state index contributed by atoms with van der Waals surface area (Å²) < 4.78 is 31.5. The van der Waals surface area contributed by atoms with Gasteiger partial charge in [0.2, 0.25) is 10.0 Å². The van der Waals surface area contributed by atoms with Crippen LogP contribution in [0.5, 0.6) is 0 Å². The SMILES string of the molecule is CCOCCCNS(=O)(=O)c1c(N)cccc1Cl. The summed E-state index contributed by atoms with van der Waals surface area (Å²) in [5, 5.41) is 0.118. The molecule has 0 aliphatic rings. The Hall–Kier alpha value is -0.820. The third-order valence-electron chi connectivity index (χ3n) is 2.23. The lowest BCUT2D eigenvalue weighted by atomic mass is 10.3. The van der Waals surface area contributed by atoms with E-state index in [4.69, 9.17) is 22.1 Å². The van der Waals surface area contributed by atoms with Gasteiger partial charge in [0.1, 0.15) is 4.90 Å². The number of anilines is 1. The number of hydrogen-bond acceptors (Lipinski definition) is 4. The van der Waals surface area contributed by atoms with Crippen LogP contribution in [0.4, 0.5) is 5.69 Å². The van der Waals surface area contributed by atoms with Crippen molar-refractivity contribution in [3.05, 3.63) is 23.2 Å². The summed E-state index contributed by atoms with van der Waals surface area (Å²) in [6.45, 7) is 3.29. The zero-order valence-electron chi connectivity index (χ0n) is 10.1. The first-order valence-corrected chi connectivity index (χ1v) is 7.46. The first kappa shape index (κ1) is 15.2. The first-order valence-electron chi connectivity index (χ1n) is 5.60. The molecule has 0 aliphatic heterocycles. The zero-order chi connectivity index (χ0) is 13.6. The number of nitrogens with two attached hydrogens (primary N) is 1. The number of ether oxygens (including phenoxy) is 1. The van der Waals surface area contributed by atoms with Crippen molar-refractivity contribution < 1.29 is 13.2 Å². The minimum Gasteiger partial charge on any atom is -0.398 e. The van der Waals surface area contributed by atoms with Crippen LogP contribution in [0.2, 0.25) is 5.02 Å². The Morgan fingerprint density at radius 2 is 2.17 bits per heavy atom. The Morgan fingerprint density at radius 3 is 2.78 bits per heavy atom. The second-order valence-corrected chi connectivity index (χ2v) is 5.72. The number of halogens is 1. The molecule has 0 saturated carbocycles. The Labute approximate surface area is 112 Å². The van der Waals surface area contributed by atoms with Gasteiger partial charge in [0.25, 0.3) is 0 Å². The van der Waals surface area contributed by atoms with Crippen molar-refractivity contribution >= 4 is 27.3 Å². The summed E-state index contributed by atoms with van der Waals surface area (Å²) in [4.78, 5) is -0.0666. The van der Waals surface area contributed by atoms with Gasteiger partial charge in [-0.05, 0) is 25.5 Å². The van der Waals surface area contributed by atoms with Crippen molar-refractivity contribution in [3.8, 4) is 0 Å². The van der Waals surface area contributed by atoms with Crippen LogP contribution >= 0.6 is 11.6 Å². The molecule has 0 atom stereocenters. The highest BCUT2D eigenvalue weighted by atomic mass is 35.5. The van der Waals surface area contributed by atoms with Crippen molar-refractivity contribution in [1.29, 1.82) is 0 Å². The molecule has 7 heteroatoms. The fourth-order valence-electron chi connectivity index (χ4n) is 1.41. The predicted molar refractivity (Wildman–Crippen MR) is 72.2 cm³/mol. The average molecular weight is 293 g/mol. The van der Waals surface area contributed by atoms with E-state index in [1.807, 2.05) is 6.92 Å². The summed E-state index contributed by atoms with van der Waals surface area (Å²) in [6.07, 6.45) is 0.595. The molecule has 0 bridgehead atoms. The van der Waals surface area contributed by atoms with Crippen molar-refractivity contribution in [2.24, 2.45) is 0 Å². The van der Waals surface area contributed by atoms with Gasteiger partial charge in [-0.1, -0.05) is 17.7 Å². The lowest BCUT2D eigenvalue weighted by Crippen LogP contribution is -2.26. The molecule has 5 nitrogen and oxygen atoms in total. The highest BCUT2D eigenvalue weighted by Gasteiger charge is 2.20. The maximum Gasteiger partial charge on any atom is 0.244 e. The minimum absolute atomic E-state index is 0.0666. The van der Waals surface area contributed by atoms with Crippen LogP contribution in [-0.4, -0.2) is 28.2 Å². The number of nitrogen functional groups attached to an aromatic ring is 1. The van der Waals surface area contributed by atoms with E-state index in [9.17, 15) is 8.42 Å². The first-order chi connectivity index (χ1) is 8.49. The summed E-state index contributed by atoms with van der Waals surface area (Å²) >= 11 is 5.85. The van der Waals surface area contributed by atoms with E-state index in [0.717, 1.165) is 0 Å². The standard InChI is InChI=1S/C11H17ClN2O3S/c1-2-17-8-4-7-14-18(15,16)11-9(12)5-3-6-10(11)13/h3,5-6,14H,2,4,7-8,13H2,1H3. The van der Waals surface area contributed by atoms with Crippen LogP contribution in [0.25, 0.3) is 0 Å². The molecule has 0 saturated heterocycles. The summed E-state index contributed by atoms with van der Waals surface area (Å²) in [5.74, 6) is 0. The largest absolute Gasteiger partial charge is 0.398 e. The van der Waals surface area contributed by atoms with Gasteiger partial charge in [0, 0.05) is 19.8 Å². The molecule has 1 rings (SSSR count). The fourth-order valence-corrected chi connectivity index (χ4v) is 3.15. The van der Waals surface area contributed by atoms with Crippen LogP contribution in [0.1, 0.15) is 13.3 Å². The highest BCUT2D eigenvalue weighted by Crippen LogP contribution is 2.26. The van der Waals surface area contributed by atoms with E-state index in [-0.39, 0.29) is 22.2 Å². The Morgan fingerprint density at radius 1 is 1.44 bits per heavy atom. The molecule has 0 radical (unpaired) electrons. The summed E-state index contributed by atoms with van der Waals surface area (Å²) in [6, 6.07) is 4.60. The molecular weight excluding hydrogens is 276 g/mol. The normalized spacial score (nSPS) is 11.7. The van der Waals surface area contributed by atoms with Gasteiger partial charge in [-0.25, -0.2) is 13.1 Å². The van der Waals surface area contributed by atoms with Crippen LogP contribution in [-0.2, 0) is 14.8 Å². The number of nitrogens with one attached hydrogen (secondary N) is 1. The smallest absolute Gasteiger partial charge is 0.244 e. The lowest BCUT2D eigenvalue weighted by molar-refractivity contribution is 0.146. The molecule has 102 valence electrons. The Balaban J connectivity index is 2.69. The third-order valence-corrected chi connectivity index (χ3v) is 4.23. The second kappa shape index (κ2) is 6.94. The maximum atomic E-state index is 12.0. The molecule has 0 spiro atoms. The minimum atomic E-state index is -3.67. The van der Waals surface area contributed by atoms with E-state index in [2.05, 4.69) is 4.72 Å². The van der Waals surface area contributed by atoms with Crippen LogP contribution in [0.15, 0.2) is 23.1 Å². The lowest BCUT2D eigenvalue weighted by Gasteiger charge is -2.10. The highest BCUT2D eigenvalue weighted by molar-refractivity contribution is 7.89. The van der Waals surface area contributed by atoms with Gasteiger partial charge < -0.3 is 10.5 Å². The van der Waals surface area contributed by atoms with E-state index in [1.165, 1.54) is 12.1 Å². The number of sulfonamides is 1. The van der Waals surface area contributed by atoms with Gasteiger partial charge in [-0.15, -0.1) is 0 Å². The summed E-state index contributed by atoms with van der Waals surface area (Å²) in [5.41, 5.74) is 5.77. The van der Waals surface area contributed by atoms with E-state index < -0.39 is 10.0 Å². The number of hydrogen-bond donors (Lipinski definition) is 2. The zero-order valence-corrected chi connectivity index (χ0v) is 11.7. The van der Waals surface area contributed by atoms with Gasteiger partial charge in [0.05, 0.1) is 10.7 Å². The third kappa shape index (κ3) is 4.13. The molecule has 18 heavy (non-hydrogen) atoms. The van der Waals surface area contributed by atoms with Crippen LogP contribution < -0.4 is 10.5 Å². The Bertz CT molecular complexity index is 471. The summed E-state index contributed by atoms with van der Waals surface area (Å²) in [7, 11) is -3.67. The topological polar surface area (TPSA) is 81.4 Å². The fraction of sp³-hybridized carbons (Fsp3) is 0.455. The molecule has 0 fully saturated rings. The predicted octanol–water partition coefficient (Wildman–Crippen LogP) is 1.63. The van der Waals surface area contributed by atoms with Gasteiger partial charge in [0.15, 0.2) is 0 Å². The van der Waals surface area contributed by atoms with Crippen LogP contribution in [0, 0.1) is 0 Å². The maximum absolute atomic E-state index is 12.0. The van der Waals surface area contributed by atoms with Crippen LogP contribution in [0.3, 0.4) is 0 Å². The quantitative estimate of drug-likeness (QED) is 0.591. The van der Waals surface area contributed by atoms with Gasteiger partial charge in [-0.3, -0.25) is 0 Å². The number of rotatable bonds is 7.